The number of anilines is 1. The summed E-state index contributed by atoms with van der Waals surface area (Å²) in [5, 5.41) is 2.82. The monoisotopic (exact) mass is 298 g/mol. The Morgan fingerprint density at radius 2 is 2.09 bits per heavy atom. The Hall–Kier alpha value is -2.56. The molecule has 2 amide bonds. The molecule has 3 rings (SSSR count). The van der Waals surface area contributed by atoms with Crippen molar-refractivity contribution in [2.75, 3.05) is 18.0 Å². The Bertz CT molecular complexity index is 662. The molecule has 0 saturated carbocycles. The zero-order valence-electron chi connectivity index (χ0n) is 12.4. The summed E-state index contributed by atoms with van der Waals surface area (Å²) in [4.78, 5) is 25.7. The zero-order chi connectivity index (χ0) is 15.5. The molecule has 1 aliphatic heterocycles. The van der Waals surface area contributed by atoms with Crippen molar-refractivity contribution in [3.05, 3.63) is 54.0 Å². The number of hydrogen-bond acceptors (Lipinski definition) is 3. The first-order chi connectivity index (χ1) is 10.6. The molecule has 22 heavy (non-hydrogen) atoms. The van der Waals surface area contributed by atoms with E-state index in [0.717, 1.165) is 11.3 Å². The third-order valence-electron chi connectivity index (χ3n) is 3.85. The van der Waals surface area contributed by atoms with E-state index in [-0.39, 0.29) is 17.7 Å². The molecule has 114 valence electrons. The number of furan rings is 1. The van der Waals surface area contributed by atoms with E-state index in [2.05, 4.69) is 5.32 Å². The predicted octanol–water partition coefficient (Wildman–Crippen LogP) is 2.37. The first-order valence-electron chi connectivity index (χ1n) is 7.32. The number of hydrogen-bond donors (Lipinski definition) is 1. The summed E-state index contributed by atoms with van der Waals surface area (Å²) in [6.45, 7) is 3.11. The third-order valence-corrected chi connectivity index (χ3v) is 3.85. The van der Waals surface area contributed by atoms with E-state index in [0.29, 0.717) is 25.3 Å². The Morgan fingerprint density at radius 1 is 1.32 bits per heavy atom. The van der Waals surface area contributed by atoms with Gasteiger partial charge in [-0.05, 0) is 31.2 Å². The number of benzene rings is 1. The van der Waals surface area contributed by atoms with Gasteiger partial charge in [-0.1, -0.05) is 17.7 Å². The lowest BCUT2D eigenvalue weighted by atomic mass is 10.1. The Kier molecular flexibility index (Phi) is 3.96. The van der Waals surface area contributed by atoms with Gasteiger partial charge < -0.3 is 14.6 Å². The number of carbonyl (C=O) groups is 2. The van der Waals surface area contributed by atoms with Gasteiger partial charge in [-0.15, -0.1) is 0 Å². The van der Waals surface area contributed by atoms with E-state index in [1.807, 2.05) is 31.2 Å². The lowest BCUT2D eigenvalue weighted by Gasteiger charge is -2.17. The van der Waals surface area contributed by atoms with Gasteiger partial charge in [0, 0.05) is 31.1 Å². The highest BCUT2D eigenvalue weighted by atomic mass is 16.3. The molecule has 1 atom stereocenters. The van der Waals surface area contributed by atoms with E-state index in [4.69, 9.17) is 4.42 Å². The fourth-order valence-electron chi connectivity index (χ4n) is 2.62. The summed E-state index contributed by atoms with van der Waals surface area (Å²) < 4.78 is 5.04. The number of nitrogens with zero attached hydrogens (tertiary/aromatic N) is 1. The molecule has 0 radical (unpaired) electrons. The van der Waals surface area contributed by atoms with E-state index < -0.39 is 0 Å². The molecule has 0 bridgehead atoms. The van der Waals surface area contributed by atoms with Gasteiger partial charge in [-0.25, -0.2) is 0 Å². The molecule has 2 aromatic rings. The molecule has 1 fully saturated rings. The van der Waals surface area contributed by atoms with Gasteiger partial charge in [0.25, 0.3) is 5.91 Å². The summed E-state index contributed by atoms with van der Waals surface area (Å²) in [5.74, 6) is 0.264. The minimum Gasteiger partial charge on any atom is -0.459 e. The highest BCUT2D eigenvalue weighted by molar-refractivity contribution is 5.96. The second-order valence-corrected chi connectivity index (χ2v) is 5.60. The van der Waals surface area contributed by atoms with Gasteiger partial charge in [0.05, 0.1) is 6.26 Å². The third kappa shape index (κ3) is 3.03. The predicted molar refractivity (Wildman–Crippen MR) is 82.7 cm³/mol. The quantitative estimate of drug-likeness (QED) is 0.942. The standard InChI is InChI=1S/C17H18N2O3/c1-12-4-6-14(7-5-12)19-11-13(9-16(19)20)10-18-17(21)15-3-2-8-22-15/h2-8,13H,9-11H2,1H3,(H,18,21)/t13-/m0/s1. The summed E-state index contributed by atoms with van der Waals surface area (Å²) in [7, 11) is 0. The van der Waals surface area contributed by atoms with Crippen LogP contribution in [0.15, 0.2) is 47.1 Å². The summed E-state index contributed by atoms with van der Waals surface area (Å²) >= 11 is 0. The maximum Gasteiger partial charge on any atom is 0.286 e. The van der Waals surface area contributed by atoms with Crippen molar-refractivity contribution in [1.29, 1.82) is 0 Å². The number of aryl methyl sites for hydroxylation is 1. The Morgan fingerprint density at radius 3 is 2.77 bits per heavy atom. The zero-order valence-corrected chi connectivity index (χ0v) is 12.4. The Labute approximate surface area is 128 Å². The smallest absolute Gasteiger partial charge is 0.286 e. The summed E-state index contributed by atoms with van der Waals surface area (Å²) in [6, 6.07) is 11.2. The van der Waals surface area contributed by atoms with Gasteiger partial charge in [-0.2, -0.15) is 0 Å². The lowest BCUT2D eigenvalue weighted by Crippen LogP contribution is -2.31. The van der Waals surface area contributed by atoms with Crippen LogP contribution in [0.5, 0.6) is 0 Å². The van der Waals surface area contributed by atoms with Crippen LogP contribution in [0.25, 0.3) is 0 Å². The van der Waals surface area contributed by atoms with Crippen LogP contribution in [-0.2, 0) is 4.79 Å². The van der Waals surface area contributed by atoms with Crippen molar-refractivity contribution in [2.24, 2.45) is 5.92 Å². The van der Waals surface area contributed by atoms with Crippen LogP contribution in [0.4, 0.5) is 5.69 Å². The molecule has 2 heterocycles. The van der Waals surface area contributed by atoms with Gasteiger partial charge in [0.15, 0.2) is 5.76 Å². The maximum absolute atomic E-state index is 12.1. The van der Waals surface area contributed by atoms with Crippen LogP contribution in [0.2, 0.25) is 0 Å². The van der Waals surface area contributed by atoms with Gasteiger partial charge in [-0.3, -0.25) is 9.59 Å². The van der Waals surface area contributed by atoms with Crippen molar-refractivity contribution in [3.8, 4) is 0 Å². The van der Waals surface area contributed by atoms with E-state index in [9.17, 15) is 9.59 Å². The van der Waals surface area contributed by atoms with Gasteiger partial charge >= 0.3 is 0 Å². The maximum atomic E-state index is 12.1. The minimum absolute atomic E-state index is 0.0982. The number of amides is 2. The summed E-state index contributed by atoms with van der Waals surface area (Å²) in [6.07, 6.45) is 1.92. The van der Waals surface area contributed by atoms with Crippen LogP contribution in [0.3, 0.4) is 0 Å². The number of nitrogens with one attached hydrogen (secondary N) is 1. The fraction of sp³-hybridized carbons (Fsp3) is 0.294. The average Bonchev–Trinajstić information content (AvgIpc) is 3.15. The highest BCUT2D eigenvalue weighted by Crippen LogP contribution is 2.25. The van der Waals surface area contributed by atoms with Gasteiger partial charge in [0.2, 0.25) is 5.91 Å². The molecule has 1 aliphatic rings. The largest absolute Gasteiger partial charge is 0.459 e. The van der Waals surface area contributed by atoms with Crippen molar-refractivity contribution in [3.63, 3.8) is 0 Å². The average molecular weight is 298 g/mol. The second kappa shape index (κ2) is 6.05. The highest BCUT2D eigenvalue weighted by Gasteiger charge is 2.30. The first-order valence-corrected chi connectivity index (χ1v) is 7.32. The first kappa shape index (κ1) is 14.4. The molecular weight excluding hydrogens is 280 g/mol. The van der Waals surface area contributed by atoms with Crippen LogP contribution in [-0.4, -0.2) is 24.9 Å². The fourth-order valence-corrected chi connectivity index (χ4v) is 2.62. The molecule has 1 N–H and O–H groups in total. The van der Waals surface area contributed by atoms with Crippen LogP contribution in [0.1, 0.15) is 22.5 Å². The number of rotatable bonds is 4. The topological polar surface area (TPSA) is 62.6 Å². The van der Waals surface area contributed by atoms with Crippen molar-refractivity contribution >= 4 is 17.5 Å². The van der Waals surface area contributed by atoms with Crippen molar-refractivity contribution in [1.82, 2.24) is 5.32 Å². The normalized spacial score (nSPS) is 17.8. The number of carbonyl (C=O) groups excluding carboxylic acids is 2. The van der Waals surface area contributed by atoms with Crippen molar-refractivity contribution in [2.45, 2.75) is 13.3 Å². The molecule has 5 heteroatoms. The van der Waals surface area contributed by atoms with Crippen LogP contribution >= 0.6 is 0 Å². The molecule has 0 aliphatic carbocycles. The molecule has 1 aromatic carbocycles. The lowest BCUT2D eigenvalue weighted by molar-refractivity contribution is -0.117. The second-order valence-electron chi connectivity index (χ2n) is 5.60. The van der Waals surface area contributed by atoms with E-state index in [1.54, 1.807) is 17.0 Å². The molecule has 1 aromatic heterocycles. The van der Waals surface area contributed by atoms with Crippen molar-refractivity contribution < 1.29 is 14.0 Å². The van der Waals surface area contributed by atoms with Crippen LogP contribution in [0, 0.1) is 12.8 Å². The summed E-state index contributed by atoms with van der Waals surface area (Å²) in [5.41, 5.74) is 2.08. The SMILES string of the molecule is Cc1ccc(N2C[C@H](CNC(=O)c3ccco3)CC2=O)cc1. The van der Waals surface area contributed by atoms with E-state index >= 15 is 0 Å². The molecule has 0 unspecified atom stereocenters. The van der Waals surface area contributed by atoms with Gasteiger partial charge in [0.1, 0.15) is 0 Å². The molecule has 5 nitrogen and oxygen atoms in total. The molecule has 0 spiro atoms. The minimum atomic E-state index is -0.244. The Balaban J connectivity index is 1.58. The molecular formula is C17H18N2O3. The van der Waals surface area contributed by atoms with E-state index in [1.165, 1.54) is 6.26 Å². The van der Waals surface area contributed by atoms with Crippen LogP contribution < -0.4 is 10.2 Å². The molecule has 1 saturated heterocycles.